The number of unbranched alkanes of at least 4 members (excludes halogenated alkanes) is 11. The normalized spacial score (nSPS) is 11.2. The zero-order chi connectivity index (χ0) is 39.5. The molecule has 0 aliphatic carbocycles. The van der Waals surface area contributed by atoms with Crippen LogP contribution in [0.3, 0.4) is 0 Å². The van der Waals surface area contributed by atoms with Crippen LogP contribution in [0, 0.1) is 0 Å². The fourth-order valence-electron chi connectivity index (χ4n) is 5.84. The second-order valence-corrected chi connectivity index (χ2v) is 14.0. The molecule has 0 N–H and O–H groups in total. The van der Waals surface area contributed by atoms with Gasteiger partial charge in [0.2, 0.25) is 0 Å². The molecule has 0 spiro atoms. The van der Waals surface area contributed by atoms with Gasteiger partial charge in [-0.3, -0.25) is 9.98 Å². The Balaban J connectivity index is 1.05. The summed E-state index contributed by atoms with van der Waals surface area (Å²) in [5, 5.41) is 0. The van der Waals surface area contributed by atoms with E-state index in [1.807, 2.05) is 61.0 Å². The van der Waals surface area contributed by atoms with E-state index in [1.54, 1.807) is 48.5 Å². The number of ether oxygens (including phenoxy) is 4. The number of hydrogen-bond donors (Lipinski definition) is 0. The molecule has 298 valence electrons. The van der Waals surface area contributed by atoms with E-state index in [0.717, 1.165) is 48.3 Å². The minimum atomic E-state index is -0.406. The van der Waals surface area contributed by atoms with Crippen LogP contribution in [0.4, 0.5) is 0 Å². The second-order valence-electron chi connectivity index (χ2n) is 14.0. The van der Waals surface area contributed by atoms with Gasteiger partial charge in [-0.05, 0) is 134 Å². The zero-order valence-corrected chi connectivity index (χ0v) is 33.5. The van der Waals surface area contributed by atoms with Gasteiger partial charge in [-0.15, -0.1) is 0 Å². The van der Waals surface area contributed by atoms with Gasteiger partial charge in [0.05, 0.1) is 24.3 Å². The third-order valence-corrected chi connectivity index (χ3v) is 9.20. The van der Waals surface area contributed by atoms with Crippen molar-refractivity contribution >= 4 is 24.4 Å². The van der Waals surface area contributed by atoms with Crippen molar-refractivity contribution in [2.75, 3.05) is 26.3 Å². The number of hydrogen-bond acceptors (Lipinski definition) is 8. The van der Waals surface area contributed by atoms with Crippen molar-refractivity contribution in [1.29, 1.82) is 0 Å². The van der Waals surface area contributed by atoms with E-state index in [9.17, 15) is 9.59 Å². The van der Waals surface area contributed by atoms with Crippen LogP contribution in [0.1, 0.15) is 136 Å². The number of carbonyl (C=O) groups is 2. The molecule has 0 radical (unpaired) electrons. The van der Waals surface area contributed by atoms with Gasteiger partial charge in [0, 0.05) is 25.5 Å². The molecule has 8 nitrogen and oxygen atoms in total. The second kappa shape index (κ2) is 26.5. The molecule has 0 saturated carbocycles. The van der Waals surface area contributed by atoms with E-state index >= 15 is 0 Å². The van der Waals surface area contributed by atoms with Crippen LogP contribution in [0.2, 0.25) is 0 Å². The molecule has 0 amide bonds. The third kappa shape index (κ3) is 17.5. The van der Waals surface area contributed by atoms with Crippen molar-refractivity contribution in [3.63, 3.8) is 0 Å². The molecule has 0 aliphatic rings. The van der Waals surface area contributed by atoms with Crippen molar-refractivity contribution in [3.05, 3.63) is 119 Å². The van der Waals surface area contributed by atoms with Crippen molar-refractivity contribution in [2.24, 2.45) is 9.98 Å². The predicted octanol–water partition coefficient (Wildman–Crippen LogP) is 11.9. The lowest BCUT2D eigenvalue weighted by molar-refractivity contribution is 0.0725. The van der Waals surface area contributed by atoms with Crippen LogP contribution in [0.5, 0.6) is 23.0 Å². The molecule has 0 unspecified atom stereocenters. The summed E-state index contributed by atoms with van der Waals surface area (Å²) < 4.78 is 22.7. The number of carbonyl (C=O) groups excluding carboxylic acids is 2. The Morgan fingerprint density at radius 1 is 0.429 bits per heavy atom. The smallest absolute Gasteiger partial charge is 0.343 e. The van der Waals surface area contributed by atoms with E-state index in [-0.39, 0.29) is 0 Å². The first-order chi connectivity index (χ1) is 27.5. The maximum Gasteiger partial charge on any atom is 0.343 e. The number of benzene rings is 4. The minimum absolute atomic E-state index is 0.406. The van der Waals surface area contributed by atoms with Gasteiger partial charge in [0.15, 0.2) is 0 Å². The first kappa shape index (κ1) is 43.5. The molecule has 4 aromatic rings. The Bertz CT molecular complexity index is 1600. The van der Waals surface area contributed by atoms with E-state index < -0.39 is 11.9 Å². The Morgan fingerprint density at radius 3 is 1.14 bits per heavy atom. The largest absolute Gasteiger partial charge is 0.494 e. The van der Waals surface area contributed by atoms with Gasteiger partial charge in [-0.2, -0.15) is 0 Å². The molecule has 0 fully saturated rings. The highest BCUT2D eigenvalue weighted by Crippen LogP contribution is 2.19. The maximum atomic E-state index is 12.6. The molecular formula is C48H60N2O6. The van der Waals surface area contributed by atoms with Gasteiger partial charge in [0.25, 0.3) is 0 Å². The van der Waals surface area contributed by atoms with Crippen LogP contribution in [-0.4, -0.2) is 50.7 Å². The lowest BCUT2D eigenvalue weighted by Crippen LogP contribution is -2.08. The van der Waals surface area contributed by atoms with Gasteiger partial charge < -0.3 is 18.9 Å². The fourth-order valence-corrected chi connectivity index (χ4v) is 5.84. The van der Waals surface area contributed by atoms with Crippen LogP contribution in [0.15, 0.2) is 107 Å². The van der Waals surface area contributed by atoms with Gasteiger partial charge in [0.1, 0.15) is 23.0 Å². The predicted molar refractivity (Wildman–Crippen MR) is 228 cm³/mol. The number of nitrogens with zero attached hydrogens (tertiary/aromatic N) is 2. The summed E-state index contributed by atoms with van der Waals surface area (Å²) in [5.41, 5.74) is 2.83. The SMILES string of the molecule is CCCCCCCCOc1ccc(C(=O)Oc2ccc(C=NCCCCN=Cc3ccc(OC(=O)c4ccc(OCCCCCCCC)cc4)cc3)cc2)cc1. The number of esters is 2. The summed E-state index contributed by atoms with van der Waals surface area (Å²) in [6, 6.07) is 28.8. The quantitative estimate of drug-likeness (QED) is 0.0260. The Hall–Kier alpha value is -5.24. The van der Waals surface area contributed by atoms with Crippen LogP contribution in [-0.2, 0) is 0 Å². The molecule has 0 bridgehead atoms. The van der Waals surface area contributed by atoms with Crippen molar-refractivity contribution < 1.29 is 28.5 Å². The molecule has 0 saturated heterocycles. The molecule has 0 heterocycles. The van der Waals surface area contributed by atoms with Gasteiger partial charge in [-0.1, -0.05) is 78.1 Å². The zero-order valence-electron chi connectivity index (χ0n) is 33.5. The Morgan fingerprint density at radius 2 is 0.768 bits per heavy atom. The Kier molecular flexibility index (Phi) is 20.6. The highest BCUT2D eigenvalue weighted by molar-refractivity contribution is 5.92. The molecule has 4 rings (SSSR count). The van der Waals surface area contributed by atoms with E-state index in [0.29, 0.717) is 48.9 Å². The Labute approximate surface area is 334 Å². The topological polar surface area (TPSA) is 95.8 Å². The molecule has 4 aromatic carbocycles. The molecule has 8 heteroatoms. The van der Waals surface area contributed by atoms with E-state index in [4.69, 9.17) is 18.9 Å². The van der Waals surface area contributed by atoms with E-state index in [1.165, 1.54) is 64.2 Å². The van der Waals surface area contributed by atoms with Crippen LogP contribution in [0.25, 0.3) is 0 Å². The summed E-state index contributed by atoms with van der Waals surface area (Å²) in [5.74, 6) is 1.67. The molecule has 0 atom stereocenters. The summed E-state index contributed by atoms with van der Waals surface area (Å²) in [6.07, 6.45) is 20.1. The third-order valence-electron chi connectivity index (χ3n) is 9.20. The monoisotopic (exact) mass is 760 g/mol. The molecule has 56 heavy (non-hydrogen) atoms. The standard InChI is InChI=1S/C48H60N2O6/c1-3-5-7-9-11-15-35-53-43-29-21-41(22-30-43)47(51)55-45-25-17-39(18-26-45)37-49-33-13-14-34-50-38-40-19-27-46(28-20-40)56-48(52)42-23-31-44(32-24-42)54-36-16-12-10-8-6-4-2/h17-32,37-38H,3-16,33-36H2,1-2H3. The maximum absolute atomic E-state index is 12.6. The summed E-state index contributed by atoms with van der Waals surface area (Å²) >= 11 is 0. The number of aliphatic imine (C=N–C) groups is 2. The minimum Gasteiger partial charge on any atom is -0.494 e. The first-order valence-corrected chi connectivity index (χ1v) is 20.6. The highest BCUT2D eigenvalue weighted by atomic mass is 16.5. The summed E-state index contributed by atoms with van der Waals surface area (Å²) in [6.45, 7) is 7.21. The summed E-state index contributed by atoms with van der Waals surface area (Å²) in [7, 11) is 0. The first-order valence-electron chi connectivity index (χ1n) is 20.6. The van der Waals surface area contributed by atoms with Gasteiger partial charge >= 0.3 is 11.9 Å². The fraction of sp³-hybridized carbons (Fsp3) is 0.417. The van der Waals surface area contributed by atoms with Crippen molar-refractivity contribution in [3.8, 4) is 23.0 Å². The average Bonchev–Trinajstić information content (AvgIpc) is 3.22. The highest BCUT2D eigenvalue weighted by Gasteiger charge is 2.10. The molecule has 0 aromatic heterocycles. The van der Waals surface area contributed by atoms with E-state index in [2.05, 4.69) is 23.8 Å². The van der Waals surface area contributed by atoms with Gasteiger partial charge in [-0.25, -0.2) is 9.59 Å². The lowest BCUT2D eigenvalue weighted by Gasteiger charge is -2.08. The lowest BCUT2D eigenvalue weighted by atomic mass is 10.1. The molecular weight excluding hydrogens is 701 g/mol. The average molecular weight is 761 g/mol. The number of rotatable bonds is 27. The summed E-state index contributed by atoms with van der Waals surface area (Å²) in [4.78, 5) is 34.3. The van der Waals surface area contributed by atoms with Crippen LogP contribution < -0.4 is 18.9 Å². The van der Waals surface area contributed by atoms with Crippen molar-refractivity contribution in [1.82, 2.24) is 0 Å². The van der Waals surface area contributed by atoms with Crippen LogP contribution >= 0.6 is 0 Å². The van der Waals surface area contributed by atoms with Crippen molar-refractivity contribution in [2.45, 2.75) is 104 Å². The molecule has 0 aliphatic heterocycles.